The quantitative estimate of drug-likeness (QED) is 0.899. The van der Waals surface area contributed by atoms with Gasteiger partial charge in [-0.25, -0.2) is 4.39 Å². The van der Waals surface area contributed by atoms with E-state index in [0.717, 1.165) is 0 Å². The number of halogens is 2. The highest BCUT2D eigenvalue weighted by molar-refractivity contribution is 6.34. The zero-order valence-electron chi connectivity index (χ0n) is 8.15. The molecule has 0 amide bonds. The van der Waals surface area contributed by atoms with E-state index in [1.807, 2.05) is 0 Å². The number of nitrogens with zero attached hydrogens (tertiary/aromatic N) is 2. The predicted octanol–water partition coefficient (Wildman–Crippen LogP) is 2.30. The zero-order valence-corrected chi connectivity index (χ0v) is 8.91. The molecule has 0 atom stereocenters. The van der Waals surface area contributed by atoms with Gasteiger partial charge in [-0.05, 0) is 12.1 Å². The topological polar surface area (TPSA) is 55.1 Å². The molecule has 0 aliphatic heterocycles. The lowest BCUT2D eigenvalue weighted by atomic mass is 10.2. The van der Waals surface area contributed by atoms with Gasteiger partial charge in [0.2, 0.25) is 0 Å². The van der Waals surface area contributed by atoms with Crippen molar-refractivity contribution in [1.29, 1.82) is 0 Å². The second-order valence-corrected chi connectivity index (χ2v) is 3.68. The van der Waals surface area contributed by atoms with E-state index in [2.05, 4.69) is 5.10 Å². The first-order valence-electron chi connectivity index (χ1n) is 4.61. The van der Waals surface area contributed by atoms with Crippen LogP contribution in [0.4, 0.5) is 4.39 Å². The number of benzene rings is 1. The van der Waals surface area contributed by atoms with Gasteiger partial charge >= 0.3 is 5.97 Å². The third-order valence-electron chi connectivity index (χ3n) is 2.17. The summed E-state index contributed by atoms with van der Waals surface area (Å²) in [4.78, 5) is 10.4. The Bertz CT molecular complexity index is 553. The molecule has 0 spiro atoms. The Hall–Kier alpha value is -1.62. The molecule has 4 nitrogen and oxygen atoms in total. The Kier molecular flexibility index (Phi) is 2.78. The van der Waals surface area contributed by atoms with Crippen LogP contribution in [0, 0.1) is 5.82 Å². The molecule has 0 aliphatic carbocycles. The molecular formula is C10H8ClFN2O2. The highest BCUT2D eigenvalue weighted by Crippen LogP contribution is 2.23. The minimum atomic E-state index is -0.929. The Morgan fingerprint density at radius 1 is 1.56 bits per heavy atom. The Balaban J connectivity index is 2.39. The monoisotopic (exact) mass is 242 g/mol. The van der Waals surface area contributed by atoms with Gasteiger partial charge in [0.1, 0.15) is 11.0 Å². The number of carboxylic acid groups (broad SMARTS) is 1. The summed E-state index contributed by atoms with van der Waals surface area (Å²) in [5.74, 6) is -1.33. The van der Waals surface area contributed by atoms with Crippen LogP contribution < -0.4 is 0 Å². The summed E-state index contributed by atoms with van der Waals surface area (Å²) >= 11 is 5.98. The molecule has 1 N–H and O–H groups in total. The normalized spacial score (nSPS) is 10.9. The van der Waals surface area contributed by atoms with Crippen LogP contribution in [0.5, 0.6) is 0 Å². The lowest BCUT2D eigenvalue weighted by Crippen LogP contribution is -2.05. The fourth-order valence-electron chi connectivity index (χ4n) is 1.42. The van der Waals surface area contributed by atoms with E-state index in [1.165, 1.54) is 22.9 Å². The summed E-state index contributed by atoms with van der Waals surface area (Å²) in [5.41, 5.74) is 0.426. The largest absolute Gasteiger partial charge is 0.481 e. The Morgan fingerprint density at radius 3 is 3.00 bits per heavy atom. The molecule has 0 aliphatic rings. The molecule has 16 heavy (non-hydrogen) atoms. The van der Waals surface area contributed by atoms with Crippen LogP contribution in [0.15, 0.2) is 18.2 Å². The maximum Gasteiger partial charge on any atom is 0.305 e. The smallest absolute Gasteiger partial charge is 0.305 e. The van der Waals surface area contributed by atoms with E-state index in [9.17, 15) is 9.18 Å². The number of hydrogen-bond acceptors (Lipinski definition) is 2. The molecule has 1 heterocycles. The van der Waals surface area contributed by atoms with Crippen LogP contribution in [-0.4, -0.2) is 20.9 Å². The van der Waals surface area contributed by atoms with Crippen LogP contribution in [0.2, 0.25) is 5.15 Å². The van der Waals surface area contributed by atoms with Crippen molar-refractivity contribution in [2.24, 2.45) is 0 Å². The summed E-state index contributed by atoms with van der Waals surface area (Å²) in [5, 5.41) is 13.5. The molecule has 0 radical (unpaired) electrons. The van der Waals surface area contributed by atoms with E-state index >= 15 is 0 Å². The van der Waals surface area contributed by atoms with E-state index in [1.54, 1.807) is 0 Å². The average Bonchev–Trinajstić information content (AvgIpc) is 2.52. The highest BCUT2D eigenvalue weighted by Gasteiger charge is 2.10. The lowest BCUT2D eigenvalue weighted by Gasteiger charge is -1.98. The van der Waals surface area contributed by atoms with Gasteiger partial charge < -0.3 is 5.11 Å². The average molecular weight is 243 g/mol. The number of rotatable bonds is 3. The highest BCUT2D eigenvalue weighted by atomic mass is 35.5. The first kappa shape index (κ1) is 10.9. The number of fused-ring (bicyclic) bond motifs is 1. The molecule has 84 valence electrons. The molecule has 0 fully saturated rings. The molecule has 6 heteroatoms. The molecule has 2 rings (SSSR count). The Labute approximate surface area is 95.2 Å². The van der Waals surface area contributed by atoms with Crippen LogP contribution >= 0.6 is 11.6 Å². The SMILES string of the molecule is O=C(O)CCn1nc2cc(F)ccc2c1Cl. The second-order valence-electron chi connectivity index (χ2n) is 3.32. The zero-order chi connectivity index (χ0) is 11.7. The van der Waals surface area contributed by atoms with Crippen molar-refractivity contribution in [3.63, 3.8) is 0 Å². The summed E-state index contributed by atoms with van der Waals surface area (Å²) in [6.45, 7) is 0.171. The van der Waals surface area contributed by atoms with Crippen molar-refractivity contribution in [3.8, 4) is 0 Å². The molecule has 0 bridgehead atoms. The van der Waals surface area contributed by atoms with Crippen molar-refractivity contribution in [2.75, 3.05) is 0 Å². The van der Waals surface area contributed by atoms with Crippen molar-refractivity contribution >= 4 is 28.5 Å². The third-order valence-corrected chi connectivity index (χ3v) is 2.57. The van der Waals surface area contributed by atoms with Gasteiger partial charge in [-0.2, -0.15) is 5.10 Å². The van der Waals surface area contributed by atoms with Crippen LogP contribution in [0.25, 0.3) is 10.9 Å². The van der Waals surface area contributed by atoms with E-state index in [4.69, 9.17) is 16.7 Å². The van der Waals surface area contributed by atoms with Gasteiger partial charge in [0, 0.05) is 11.5 Å². The van der Waals surface area contributed by atoms with E-state index < -0.39 is 11.8 Å². The third kappa shape index (κ3) is 1.99. The van der Waals surface area contributed by atoms with Crippen LogP contribution in [0.3, 0.4) is 0 Å². The van der Waals surface area contributed by atoms with Gasteiger partial charge in [0.15, 0.2) is 0 Å². The number of aryl methyl sites for hydroxylation is 1. The van der Waals surface area contributed by atoms with E-state index in [0.29, 0.717) is 16.1 Å². The first-order valence-corrected chi connectivity index (χ1v) is 4.99. The molecule has 1 aromatic carbocycles. The molecule has 0 saturated heterocycles. The van der Waals surface area contributed by atoms with Crippen molar-refractivity contribution in [2.45, 2.75) is 13.0 Å². The van der Waals surface area contributed by atoms with Crippen LogP contribution in [0.1, 0.15) is 6.42 Å². The fourth-order valence-corrected chi connectivity index (χ4v) is 1.71. The number of hydrogen-bond donors (Lipinski definition) is 1. The van der Waals surface area contributed by atoms with Crippen molar-refractivity contribution in [3.05, 3.63) is 29.2 Å². The van der Waals surface area contributed by atoms with Crippen molar-refractivity contribution in [1.82, 2.24) is 9.78 Å². The number of carbonyl (C=O) groups is 1. The minimum Gasteiger partial charge on any atom is -0.481 e. The predicted molar refractivity (Wildman–Crippen MR) is 57.0 cm³/mol. The maximum atomic E-state index is 12.9. The number of aliphatic carboxylic acids is 1. The summed E-state index contributed by atoms with van der Waals surface area (Å²) in [6, 6.07) is 4.08. The van der Waals surface area contributed by atoms with Gasteiger partial charge in [0.25, 0.3) is 0 Å². The number of aromatic nitrogens is 2. The van der Waals surface area contributed by atoms with Crippen molar-refractivity contribution < 1.29 is 14.3 Å². The van der Waals surface area contributed by atoms with Gasteiger partial charge in [0.05, 0.1) is 18.5 Å². The summed E-state index contributed by atoms with van der Waals surface area (Å²) < 4.78 is 14.3. The second kappa shape index (κ2) is 4.09. The molecule has 2 aromatic rings. The lowest BCUT2D eigenvalue weighted by molar-refractivity contribution is -0.137. The summed E-state index contributed by atoms with van der Waals surface area (Å²) in [6.07, 6.45) is -0.0732. The molecular weight excluding hydrogens is 235 g/mol. The Morgan fingerprint density at radius 2 is 2.31 bits per heavy atom. The van der Waals surface area contributed by atoms with Gasteiger partial charge in [-0.3, -0.25) is 9.48 Å². The molecule has 1 aromatic heterocycles. The minimum absolute atomic E-state index is 0.0732. The van der Waals surface area contributed by atoms with Gasteiger partial charge in [-0.15, -0.1) is 0 Å². The first-order chi connectivity index (χ1) is 7.58. The van der Waals surface area contributed by atoms with Gasteiger partial charge in [-0.1, -0.05) is 11.6 Å². The number of carboxylic acids is 1. The van der Waals surface area contributed by atoms with E-state index in [-0.39, 0.29) is 13.0 Å². The maximum absolute atomic E-state index is 12.9. The molecule has 0 unspecified atom stereocenters. The molecule has 0 saturated carbocycles. The standard InChI is InChI=1S/C10H8ClFN2O2/c11-10-7-2-1-6(12)5-8(7)13-14(10)4-3-9(15)16/h1-2,5H,3-4H2,(H,15,16). The fraction of sp³-hybridized carbons (Fsp3) is 0.200. The van der Waals surface area contributed by atoms with Crippen LogP contribution in [-0.2, 0) is 11.3 Å². The summed E-state index contributed by atoms with van der Waals surface area (Å²) in [7, 11) is 0.